The number of anilines is 1. The highest BCUT2D eigenvalue weighted by atomic mass is 32.2. The number of amides is 1. The van der Waals surface area contributed by atoms with Gasteiger partial charge in [-0.3, -0.25) is 14.3 Å². The fourth-order valence-electron chi connectivity index (χ4n) is 4.79. The first kappa shape index (κ1) is 28.1. The molecule has 1 saturated heterocycles. The first-order chi connectivity index (χ1) is 18.7. The molecule has 2 heterocycles. The van der Waals surface area contributed by atoms with Crippen molar-refractivity contribution in [2.45, 2.75) is 24.8 Å². The van der Waals surface area contributed by atoms with E-state index in [1.807, 2.05) is 4.90 Å². The second-order valence-electron chi connectivity index (χ2n) is 9.51. The van der Waals surface area contributed by atoms with Crippen LogP contribution in [0.5, 0.6) is 0 Å². The number of nitrogens with two attached hydrogens (primary N) is 1. The van der Waals surface area contributed by atoms with Crippen LogP contribution in [0.1, 0.15) is 23.9 Å². The fourth-order valence-corrected chi connectivity index (χ4v) is 5.42. The van der Waals surface area contributed by atoms with Crippen LogP contribution in [-0.4, -0.2) is 72.7 Å². The third-order valence-corrected chi connectivity index (χ3v) is 8.07. The van der Waals surface area contributed by atoms with Crippen molar-refractivity contribution in [3.05, 3.63) is 78.3 Å². The van der Waals surface area contributed by atoms with Crippen LogP contribution in [0.4, 0.5) is 5.82 Å². The summed E-state index contributed by atoms with van der Waals surface area (Å²) in [5.74, 6) is 1.10. The van der Waals surface area contributed by atoms with E-state index in [0.717, 1.165) is 26.1 Å². The Balaban J connectivity index is 1.46. The summed E-state index contributed by atoms with van der Waals surface area (Å²) in [7, 11) is -3.33. The van der Waals surface area contributed by atoms with Gasteiger partial charge in [-0.05, 0) is 35.8 Å². The van der Waals surface area contributed by atoms with Gasteiger partial charge in [0.25, 0.3) is 0 Å². The number of rotatable bonds is 10. The maximum Gasteiger partial charge on any atom is 0.242 e. The lowest BCUT2D eigenvalue weighted by atomic mass is 10.0. The summed E-state index contributed by atoms with van der Waals surface area (Å²) in [4.78, 5) is 22.3. The molecule has 10 heteroatoms. The highest BCUT2D eigenvalue weighted by Gasteiger charge is 2.23. The number of hydrogen-bond donors (Lipinski definition) is 2. The number of imidazole rings is 1. The fraction of sp³-hybridized carbons (Fsp3) is 0.310. The molecule has 2 aromatic carbocycles. The van der Waals surface area contributed by atoms with Gasteiger partial charge in [-0.2, -0.15) is 0 Å². The Morgan fingerprint density at radius 3 is 2.33 bits per heavy atom. The molecule has 0 atom stereocenters. The number of aromatic nitrogens is 2. The van der Waals surface area contributed by atoms with E-state index in [-0.39, 0.29) is 17.3 Å². The Kier molecular flexibility index (Phi) is 8.88. The van der Waals surface area contributed by atoms with Crippen molar-refractivity contribution in [2.75, 3.05) is 44.3 Å². The second-order valence-corrected chi connectivity index (χ2v) is 11.5. The van der Waals surface area contributed by atoms with Crippen LogP contribution in [0, 0.1) is 0 Å². The van der Waals surface area contributed by atoms with E-state index in [1.165, 1.54) is 23.6 Å². The van der Waals surface area contributed by atoms with Gasteiger partial charge < -0.3 is 16.0 Å². The van der Waals surface area contributed by atoms with Crippen molar-refractivity contribution in [3.8, 4) is 11.3 Å². The number of aryl methyl sites for hydroxylation is 1. The van der Waals surface area contributed by atoms with Crippen molar-refractivity contribution in [1.82, 2.24) is 19.4 Å². The zero-order valence-electron chi connectivity index (χ0n) is 22.5. The molecule has 1 aliphatic heterocycles. The van der Waals surface area contributed by atoms with Gasteiger partial charge in [0.15, 0.2) is 9.84 Å². The third-order valence-electron chi connectivity index (χ3n) is 6.94. The van der Waals surface area contributed by atoms with Crippen LogP contribution < -0.4 is 11.1 Å². The smallest absolute Gasteiger partial charge is 0.242 e. The Labute approximate surface area is 230 Å². The molecule has 1 amide bonds. The Morgan fingerprint density at radius 2 is 1.74 bits per heavy atom. The number of carbonyl (C=O) groups is 1. The normalized spacial score (nSPS) is 14.6. The molecule has 0 spiro atoms. The lowest BCUT2D eigenvalue weighted by Gasteiger charge is -2.35. The Morgan fingerprint density at radius 1 is 1.08 bits per heavy atom. The summed E-state index contributed by atoms with van der Waals surface area (Å²) >= 11 is 0. The van der Waals surface area contributed by atoms with E-state index in [9.17, 15) is 13.2 Å². The molecular formula is C29H36N6O3S. The maximum absolute atomic E-state index is 13.2. The second kappa shape index (κ2) is 12.3. The van der Waals surface area contributed by atoms with Crippen molar-refractivity contribution < 1.29 is 13.2 Å². The van der Waals surface area contributed by atoms with E-state index in [2.05, 4.69) is 53.0 Å². The molecule has 1 aliphatic rings. The summed E-state index contributed by atoms with van der Waals surface area (Å²) in [6.45, 7) is 9.93. The van der Waals surface area contributed by atoms with E-state index in [0.29, 0.717) is 36.0 Å². The highest BCUT2D eigenvalue weighted by molar-refractivity contribution is 7.90. The number of carbonyl (C=O) groups excluding carboxylic acids is 1. The van der Waals surface area contributed by atoms with Gasteiger partial charge in [0.05, 0.1) is 11.4 Å². The molecule has 3 aromatic rings. The van der Waals surface area contributed by atoms with Crippen LogP contribution in [-0.2, 0) is 27.6 Å². The standard InChI is InChI=1S/C29H36N6O3S/c1-4-22-8-6-7-9-24(22)21-33-16-18-34(19-17-33)27(36)20-31-29-28(32-26(5-2)35(29)15-14-30)23-10-12-25(13-11-23)39(3,37)38/h5-15,31H,2,4,16-21,30H2,1,3H3/b15-14-. The first-order valence-corrected chi connectivity index (χ1v) is 14.9. The maximum atomic E-state index is 13.2. The van der Waals surface area contributed by atoms with Crippen molar-refractivity contribution in [1.29, 1.82) is 0 Å². The topological polar surface area (TPSA) is 114 Å². The minimum atomic E-state index is -3.33. The lowest BCUT2D eigenvalue weighted by molar-refractivity contribution is -0.131. The van der Waals surface area contributed by atoms with Gasteiger partial charge in [-0.15, -0.1) is 0 Å². The van der Waals surface area contributed by atoms with E-state index in [1.54, 1.807) is 41.1 Å². The van der Waals surface area contributed by atoms with E-state index >= 15 is 0 Å². The molecule has 0 unspecified atom stereocenters. The van der Waals surface area contributed by atoms with Gasteiger partial charge in [0.1, 0.15) is 17.3 Å². The van der Waals surface area contributed by atoms with Gasteiger partial charge in [-0.25, -0.2) is 13.4 Å². The average molecular weight is 549 g/mol. The molecule has 4 rings (SSSR count). The molecule has 1 aromatic heterocycles. The van der Waals surface area contributed by atoms with Gasteiger partial charge in [0, 0.05) is 56.9 Å². The molecule has 1 fully saturated rings. The summed E-state index contributed by atoms with van der Waals surface area (Å²) < 4.78 is 25.5. The predicted molar refractivity (Wildman–Crippen MR) is 157 cm³/mol. The SMILES string of the molecule is C=Cc1nc(-c2ccc(S(C)(=O)=O)cc2)c(NCC(=O)N2CCN(Cc3ccccc3CC)CC2)n1/C=C\N. The number of nitrogens with one attached hydrogen (secondary N) is 1. The highest BCUT2D eigenvalue weighted by Crippen LogP contribution is 2.30. The number of hydrogen-bond acceptors (Lipinski definition) is 7. The molecule has 0 radical (unpaired) electrons. The zero-order valence-corrected chi connectivity index (χ0v) is 23.3. The first-order valence-electron chi connectivity index (χ1n) is 13.0. The predicted octanol–water partition coefficient (Wildman–Crippen LogP) is 3.30. The molecule has 0 saturated carbocycles. The van der Waals surface area contributed by atoms with Crippen LogP contribution >= 0.6 is 0 Å². The van der Waals surface area contributed by atoms with Crippen LogP contribution in [0.25, 0.3) is 23.5 Å². The molecule has 39 heavy (non-hydrogen) atoms. The molecular weight excluding hydrogens is 512 g/mol. The third kappa shape index (κ3) is 6.58. The molecule has 206 valence electrons. The van der Waals surface area contributed by atoms with Crippen molar-refractivity contribution in [3.63, 3.8) is 0 Å². The average Bonchev–Trinajstić information content (AvgIpc) is 3.29. The Hall–Kier alpha value is -3.89. The number of benzene rings is 2. The Bertz CT molecular complexity index is 1450. The monoisotopic (exact) mass is 548 g/mol. The van der Waals surface area contributed by atoms with E-state index < -0.39 is 9.84 Å². The van der Waals surface area contributed by atoms with Crippen LogP contribution in [0.15, 0.2) is 66.2 Å². The molecule has 9 nitrogen and oxygen atoms in total. The van der Waals surface area contributed by atoms with Gasteiger partial charge >= 0.3 is 0 Å². The molecule has 0 aliphatic carbocycles. The lowest BCUT2D eigenvalue weighted by Crippen LogP contribution is -2.49. The van der Waals surface area contributed by atoms with Crippen molar-refractivity contribution in [2.24, 2.45) is 5.73 Å². The molecule has 0 bridgehead atoms. The number of sulfone groups is 1. The largest absolute Gasteiger partial charge is 0.403 e. The minimum Gasteiger partial charge on any atom is -0.403 e. The number of nitrogens with zero attached hydrogens (tertiary/aromatic N) is 4. The van der Waals surface area contributed by atoms with Crippen LogP contribution in [0.3, 0.4) is 0 Å². The summed E-state index contributed by atoms with van der Waals surface area (Å²) in [5.41, 5.74) is 9.66. The van der Waals surface area contributed by atoms with E-state index in [4.69, 9.17) is 5.73 Å². The van der Waals surface area contributed by atoms with Crippen molar-refractivity contribution >= 4 is 33.8 Å². The summed E-state index contributed by atoms with van der Waals surface area (Å²) in [6, 6.07) is 15.0. The van der Waals surface area contributed by atoms with Gasteiger partial charge in [0.2, 0.25) is 5.91 Å². The zero-order chi connectivity index (χ0) is 28.0. The van der Waals surface area contributed by atoms with Crippen LogP contribution in [0.2, 0.25) is 0 Å². The summed E-state index contributed by atoms with van der Waals surface area (Å²) in [6.07, 6.45) is 6.79. The summed E-state index contributed by atoms with van der Waals surface area (Å²) in [5, 5.41) is 3.25. The quantitative estimate of drug-likeness (QED) is 0.400. The minimum absolute atomic E-state index is 0.00777. The molecule has 3 N–H and O–H groups in total. The number of piperazine rings is 1. The van der Waals surface area contributed by atoms with Gasteiger partial charge in [-0.1, -0.05) is 49.9 Å².